The van der Waals surface area contributed by atoms with Gasteiger partial charge in [-0.3, -0.25) is 4.68 Å². The number of benzene rings is 1. The van der Waals surface area contributed by atoms with Gasteiger partial charge in [-0.1, -0.05) is 28.1 Å². The van der Waals surface area contributed by atoms with Crippen molar-refractivity contribution in [3.8, 4) is 0 Å². The van der Waals surface area contributed by atoms with Crippen molar-refractivity contribution < 1.29 is 0 Å². The lowest BCUT2D eigenvalue weighted by Crippen LogP contribution is -2.39. The summed E-state index contributed by atoms with van der Waals surface area (Å²) in [6.45, 7) is 0.909. The van der Waals surface area contributed by atoms with E-state index < -0.39 is 0 Å². The molecule has 0 saturated heterocycles. The minimum absolute atomic E-state index is 0.638. The molecule has 0 amide bonds. The minimum Gasteiger partial charge on any atom is -0.308 e. The predicted octanol–water partition coefficient (Wildman–Crippen LogP) is 3.22. The lowest BCUT2D eigenvalue weighted by atomic mass is 9.76. The number of nitrogens with one attached hydrogen (secondary N) is 1. The second-order valence-electron chi connectivity index (χ2n) is 5.25. The summed E-state index contributed by atoms with van der Waals surface area (Å²) in [6, 6.07) is 11.4. The van der Waals surface area contributed by atoms with Crippen molar-refractivity contribution >= 4 is 15.9 Å². The van der Waals surface area contributed by atoms with Crippen LogP contribution in [0.2, 0.25) is 0 Å². The maximum Gasteiger partial charge on any atom is 0.0518 e. The molecule has 0 radical (unpaired) electrons. The van der Waals surface area contributed by atoms with E-state index in [0.717, 1.165) is 6.54 Å². The molecule has 3 rings (SSSR count). The molecule has 100 valence electrons. The molecule has 1 fully saturated rings. The third kappa shape index (κ3) is 2.90. The fraction of sp³-hybridized carbons (Fsp3) is 0.400. The van der Waals surface area contributed by atoms with Crippen LogP contribution in [0.25, 0.3) is 0 Å². The Morgan fingerprint density at radius 3 is 2.89 bits per heavy atom. The van der Waals surface area contributed by atoms with Crippen LogP contribution in [0.5, 0.6) is 0 Å². The summed E-state index contributed by atoms with van der Waals surface area (Å²) in [7, 11) is 1.99. The number of aryl methyl sites for hydroxylation is 1. The SMILES string of the molecule is Cn1nccc1CNC1CC(c2cccc(Br)c2)C1. The van der Waals surface area contributed by atoms with Crippen molar-refractivity contribution in [2.45, 2.75) is 31.3 Å². The zero-order valence-electron chi connectivity index (χ0n) is 11.0. The van der Waals surface area contributed by atoms with Crippen LogP contribution in [-0.4, -0.2) is 15.8 Å². The van der Waals surface area contributed by atoms with Crippen LogP contribution < -0.4 is 5.32 Å². The minimum atomic E-state index is 0.638. The van der Waals surface area contributed by atoms with Gasteiger partial charge in [-0.25, -0.2) is 0 Å². The highest BCUT2D eigenvalue weighted by atomic mass is 79.9. The number of halogens is 1. The molecule has 1 aromatic carbocycles. The second-order valence-corrected chi connectivity index (χ2v) is 6.16. The summed E-state index contributed by atoms with van der Waals surface area (Å²) < 4.78 is 3.11. The summed E-state index contributed by atoms with van der Waals surface area (Å²) in [6.07, 6.45) is 4.31. The third-order valence-electron chi connectivity index (χ3n) is 3.95. The van der Waals surface area contributed by atoms with Crippen molar-refractivity contribution in [1.29, 1.82) is 0 Å². The van der Waals surface area contributed by atoms with E-state index in [1.54, 1.807) is 0 Å². The Balaban J connectivity index is 1.49. The highest BCUT2D eigenvalue weighted by molar-refractivity contribution is 9.10. The van der Waals surface area contributed by atoms with E-state index in [9.17, 15) is 0 Å². The molecule has 1 N–H and O–H groups in total. The van der Waals surface area contributed by atoms with E-state index in [4.69, 9.17) is 0 Å². The van der Waals surface area contributed by atoms with Crippen molar-refractivity contribution in [3.63, 3.8) is 0 Å². The van der Waals surface area contributed by atoms with Crippen LogP contribution in [0.1, 0.15) is 30.0 Å². The van der Waals surface area contributed by atoms with Crippen LogP contribution in [0.3, 0.4) is 0 Å². The predicted molar refractivity (Wildman–Crippen MR) is 80.0 cm³/mol. The number of aromatic nitrogens is 2. The number of hydrogen-bond donors (Lipinski definition) is 1. The summed E-state index contributed by atoms with van der Waals surface area (Å²) in [5, 5.41) is 7.79. The first-order valence-corrected chi connectivity index (χ1v) is 7.47. The average molecular weight is 320 g/mol. The van der Waals surface area contributed by atoms with Gasteiger partial charge in [0.05, 0.1) is 5.69 Å². The molecule has 0 atom stereocenters. The van der Waals surface area contributed by atoms with Crippen molar-refractivity contribution in [3.05, 3.63) is 52.3 Å². The van der Waals surface area contributed by atoms with Crippen LogP contribution in [0, 0.1) is 0 Å². The molecule has 4 heteroatoms. The Morgan fingerprint density at radius 1 is 1.37 bits per heavy atom. The van der Waals surface area contributed by atoms with Crippen molar-refractivity contribution in [2.24, 2.45) is 7.05 Å². The van der Waals surface area contributed by atoms with Crippen LogP contribution in [-0.2, 0) is 13.6 Å². The van der Waals surface area contributed by atoms with Crippen LogP contribution >= 0.6 is 15.9 Å². The fourth-order valence-electron chi connectivity index (χ4n) is 2.64. The first kappa shape index (κ1) is 12.9. The molecule has 1 aromatic heterocycles. The van der Waals surface area contributed by atoms with E-state index in [-0.39, 0.29) is 0 Å². The molecule has 0 bridgehead atoms. The van der Waals surface area contributed by atoms with E-state index in [0.29, 0.717) is 12.0 Å². The van der Waals surface area contributed by atoms with Gasteiger partial charge in [0.2, 0.25) is 0 Å². The first-order chi connectivity index (χ1) is 9.22. The Morgan fingerprint density at radius 2 is 2.21 bits per heavy atom. The molecule has 2 aromatic rings. The molecule has 19 heavy (non-hydrogen) atoms. The molecule has 3 nitrogen and oxygen atoms in total. The van der Waals surface area contributed by atoms with Crippen molar-refractivity contribution in [1.82, 2.24) is 15.1 Å². The zero-order valence-corrected chi connectivity index (χ0v) is 12.6. The van der Waals surface area contributed by atoms with E-state index in [2.05, 4.69) is 56.7 Å². The van der Waals surface area contributed by atoms with Gasteiger partial charge in [0.25, 0.3) is 0 Å². The Hall–Kier alpha value is -1.13. The van der Waals surface area contributed by atoms with Crippen LogP contribution in [0.4, 0.5) is 0 Å². The Kier molecular flexibility index (Phi) is 3.71. The average Bonchev–Trinajstić information content (AvgIpc) is 2.73. The maximum atomic E-state index is 4.18. The van der Waals surface area contributed by atoms with E-state index >= 15 is 0 Å². The van der Waals surface area contributed by atoms with Gasteiger partial charge in [0, 0.05) is 30.3 Å². The van der Waals surface area contributed by atoms with Gasteiger partial charge in [0.15, 0.2) is 0 Å². The summed E-state index contributed by atoms with van der Waals surface area (Å²) in [5.41, 5.74) is 2.69. The molecule has 1 aliphatic rings. The standard InChI is InChI=1S/C15H18BrN3/c1-19-15(5-6-18-19)10-17-14-8-12(9-14)11-3-2-4-13(16)7-11/h2-7,12,14,17H,8-10H2,1H3. The molecule has 1 aliphatic carbocycles. The summed E-state index contributed by atoms with van der Waals surface area (Å²) in [5.74, 6) is 0.710. The largest absolute Gasteiger partial charge is 0.308 e. The van der Waals surface area contributed by atoms with Crippen molar-refractivity contribution in [2.75, 3.05) is 0 Å². The van der Waals surface area contributed by atoms with Gasteiger partial charge in [-0.2, -0.15) is 5.10 Å². The van der Waals surface area contributed by atoms with E-state index in [1.807, 2.05) is 17.9 Å². The second kappa shape index (κ2) is 5.47. The number of rotatable bonds is 4. The quantitative estimate of drug-likeness (QED) is 0.937. The lowest BCUT2D eigenvalue weighted by molar-refractivity contribution is 0.287. The van der Waals surface area contributed by atoms with E-state index in [1.165, 1.54) is 28.6 Å². The lowest BCUT2D eigenvalue weighted by Gasteiger charge is -2.36. The zero-order chi connectivity index (χ0) is 13.2. The molecular formula is C15H18BrN3. The summed E-state index contributed by atoms with van der Waals surface area (Å²) in [4.78, 5) is 0. The molecule has 0 spiro atoms. The Bertz CT molecular complexity index is 558. The monoisotopic (exact) mass is 319 g/mol. The normalized spacial score (nSPS) is 22.2. The topological polar surface area (TPSA) is 29.9 Å². The van der Waals surface area contributed by atoms with Gasteiger partial charge in [0.1, 0.15) is 0 Å². The highest BCUT2D eigenvalue weighted by Gasteiger charge is 2.29. The molecule has 0 unspecified atom stereocenters. The third-order valence-corrected chi connectivity index (χ3v) is 4.45. The highest BCUT2D eigenvalue weighted by Crippen LogP contribution is 2.37. The molecule has 0 aliphatic heterocycles. The molecule has 1 heterocycles. The fourth-order valence-corrected chi connectivity index (χ4v) is 3.06. The summed E-state index contributed by atoms with van der Waals surface area (Å²) >= 11 is 3.54. The number of nitrogens with zero attached hydrogens (tertiary/aromatic N) is 2. The smallest absolute Gasteiger partial charge is 0.0518 e. The Labute approximate surface area is 122 Å². The number of hydrogen-bond acceptors (Lipinski definition) is 2. The molecular weight excluding hydrogens is 302 g/mol. The van der Waals surface area contributed by atoms with Crippen LogP contribution in [0.15, 0.2) is 41.0 Å². The van der Waals surface area contributed by atoms with Gasteiger partial charge < -0.3 is 5.32 Å². The first-order valence-electron chi connectivity index (χ1n) is 6.68. The van der Waals surface area contributed by atoms with Gasteiger partial charge in [-0.15, -0.1) is 0 Å². The van der Waals surface area contributed by atoms with Gasteiger partial charge >= 0.3 is 0 Å². The maximum absolute atomic E-state index is 4.18. The molecule has 1 saturated carbocycles. The van der Waals surface area contributed by atoms with Gasteiger partial charge in [-0.05, 0) is 42.5 Å².